The quantitative estimate of drug-likeness (QED) is 0.142. The molecule has 4 heterocycles. The van der Waals surface area contributed by atoms with Crippen LogP contribution in [-0.2, 0) is 26.5 Å². The van der Waals surface area contributed by atoms with Gasteiger partial charge in [0.15, 0.2) is 0 Å². The zero-order valence-corrected chi connectivity index (χ0v) is 39.4. The number of rotatable bonds is 8. The normalized spacial score (nSPS) is 12.6. The van der Waals surface area contributed by atoms with Gasteiger partial charge in [0.1, 0.15) is 5.82 Å². The van der Waals surface area contributed by atoms with Crippen molar-refractivity contribution in [1.82, 2.24) is 19.1 Å². The summed E-state index contributed by atoms with van der Waals surface area (Å²) in [6, 6.07) is 42.2. The molecule has 0 fully saturated rings. The largest absolute Gasteiger partial charge is 0.509 e. The van der Waals surface area contributed by atoms with Gasteiger partial charge in [0, 0.05) is 55.8 Å². The monoisotopic (exact) mass is 983 g/mol. The van der Waals surface area contributed by atoms with E-state index in [0.29, 0.717) is 29.3 Å². The van der Waals surface area contributed by atoms with Crippen molar-refractivity contribution in [3.05, 3.63) is 156 Å². The Labute approximate surface area is 375 Å². The van der Waals surface area contributed by atoms with E-state index < -0.39 is 0 Å². The van der Waals surface area contributed by atoms with E-state index in [1.165, 1.54) is 27.8 Å². The number of benzene rings is 5. The molecule has 0 atom stereocenters. The second-order valence-electron chi connectivity index (χ2n) is 18.3. The number of ether oxygens (including phenoxy) is 1. The zero-order chi connectivity index (χ0) is 42.2. The summed E-state index contributed by atoms with van der Waals surface area (Å²) < 4.78 is 11.4. The minimum absolute atomic E-state index is 0. The number of nitrogens with zero attached hydrogens (tertiary/aromatic N) is 5. The van der Waals surface area contributed by atoms with Gasteiger partial charge in [-0.05, 0) is 105 Å². The molecule has 0 amide bonds. The van der Waals surface area contributed by atoms with Crippen molar-refractivity contribution >= 4 is 33.2 Å². The molecule has 0 unspecified atom stereocenters. The van der Waals surface area contributed by atoms with E-state index in [0.717, 1.165) is 67.3 Å². The van der Waals surface area contributed by atoms with Gasteiger partial charge in [-0.1, -0.05) is 135 Å². The van der Waals surface area contributed by atoms with Gasteiger partial charge in [-0.3, -0.25) is 0 Å². The van der Waals surface area contributed by atoms with Gasteiger partial charge < -0.3 is 23.8 Å². The third-order valence-electron chi connectivity index (χ3n) is 12.2. The van der Waals surface area contributed by atoms with E-state index in [9.17, 15) is 0 Å². The topological polar surface area (TPSA) is 48.1 Å². The number of hydrogen-bond acceptors (Lipinski definition) is 4. The summed E-state index contributed by atoms with van der Waals surface area (Å²) in [4.78, 5) is 12.1. The molecule has 0 N–H and O–H groups in total. The molecule has 0 bridgehead atoms. The average molecular weight is 984 g/mol. The van der Waals surface area contributed by atoms with E-state index in [-0.39, 0.29) is 26.5 Å². The number of imidazole rings is 1. The van der Waals surface area contributed by atoms with Crippen LogP contribution in [0.15, 0.2) is 103 Å². The number of anilines is 2. The van der Waals surface area contributed by atoms with Gasteiger partial charge in [0.05, 0.1) is 0 Å². The summed E-state index contributed by atoms with van der Waals surface area (Å²) in [7, 11) is 0. The van der Waals surface area contributed by atoms with Crippen molar-refractivity contribution < 1.29 is 25.8 Å². The van der Waals surface area contributed by atoms with Crippen molar-refractivity contribution in [2.24, 2.45) is 0 Å². The molecule has 314 valence electrons. The minimum atomic E-state index is -0.0315. The maximum Gasteiger partial charge on any atom is 0.135 e. The number of para-hydroxylation sites is 2. The maximum atomic E-state index is 6.99. The molecule has 0 radical (unpaired) electrons. The first-order chi connectivity index (χ1) is 28.7. The molecule has 8 aromatic rings. The standard InChI is InChI=1S/C54H54N5O.Pt/c1-32(2)37-26-46(33(3)4)52(47(27-37)34(5)6)38-24-40(58-31-57-36(8)35(7)56-53(57)45-17-13-14-18-48(45)58)29-42(25-38)60-41-20-21-44-43-16-12-15-19-49(43)59(50(44)30-41)51-28-39(22-23-55-51)54(9,10)11;/h12-28,31-34H,1-11H3;/q-3;. The fraction of sp³-hybridized carbons (Fsp3) is 0.278. The number of pyridine rings is 1. The van der Waals surface area contributed by atoms with E-state index in [2.05, 4.69) is 200 Å². The Kier molecular flexibility index (Phi) is 11.1. The van der Waals surface area contributed by atoms with Gasteiger partial charge >= 0.3 is 0 Å². The summed E-state index contributed by atoms with van der Waals surface area (Å²) >= 11 is 0. The zero-order valence-electron chi connectivity index (χ0n) is 37.1. The fourth-order valence-corrected chi connectivity index (χ4v) is 8.64. The number of aryl methyl sites for hydroxylation is 1. The van der Waals surface area contributed by atoms with Crippen LogP contribution in [-0.4, -0.2) is 19.1 Å². The number of hydrogen-bond donors (Lipinski definition) is 0. The first-order valence-corrected chi connectivity index (χ1v) is 21.3. The van der Waals surface area contributed by atoms with Gasteiger partial charge in [-0.2, -0.15) is 6.07 Å². The molecular formula is C54H54N5OPt-3. The molecule has 7 heteroatoms. The Morgan fingerprint density at radius 3 is 2.13 bits per heavy atom. The van der Waals surface area contributed by atoms with Crippen LogP contribution in [0.25, 0.3) is 50.1 Å². The molecule has 5 aromatic carbocycles. The Hall–Kier alpha value is -5.58. The van der Waals surface area contributed by atoms with Crippen LogP contribution in [0, 0.1) is 32.6 Å². The second kappa shape index (κ2) is 16.0. The molecular weight excluding hydrogens is 930 g/mol. The summed E-state index contributed by atoms with van der Waals surface area (Å²) in [6.07, 6.45) is 1.91. The number of fused-ring (bicyclic) bond motifs is 6. The molecule has 6 nitrogen and oxygen atoms in total. The van der Waals surface area contributed by atoms with Crippen LogP contribution in [0.4, 0.5) is 11.4 Å². The van der Waals surface area contributed by atoms with Crippen LogP contribution >= 0.6 is 0 Å². The fourth-order valence-electron chi connectivity index (χ4n) is 8.64. The molecule has 9 rings (SSSR count). The van der Waals surface area contributed by atoms with Crippen LogP contribution in [0.3, 0.4) is 0 Å². The van der Waals surface area contributed by atoms with Crippen LogP contribution in [0.5, 0.6) is 11.5 Å². The van der Waals surface area contributed by atoms with Crippen molar-refractivity contribution in [2.45, 2.75) is 99.3 Å². The predicted molar refractivity (Wildman–Crippen MR) is 248 cm³/mol. The van der Waals surface area contributed by atoms with Gasteiger partial charge in [-0.15, -0.1) is 41.3 Å². The third kappa shape index (κ3) is 7.48. The summed E-state index contributed by atoms with van der Waals surface area (Å²) in [5.41, 5.74) is 14.7. The minimum Gasteiger partial charge on any atom is -0.509 e. The Balaban J connectivity index is 0.00000514. The van der Waals surface area contributed by atoms with E-state index >= 15 is 0 Å². The summed E-state index contributed by atoms with van der Waals surface area (Å²) in [5, 5.41) is 2.24. The van der Waals surface area contributed by atoms with Crippen molar-refractivity contribution in [3.63, 3.8) is 0 Å². The first kappa shape index (κ1) is 42.1. The Morgan fingerprint density at radius 1 is 0.721 bits per heavy atom. The molecule has 0 aliphatic carbocycles. The van der Waals surface area contributed by atoms with E-state index in [1.54, 1.807) is 0 Å². The van der Waals surface area contributed by atoms with Gasteiger partial charge in [0.2, 0.25) is 0 Å². The van der Waals surface area contributed by atoms with Crippen molar-refractivity contribution in [3.8, 4) is 39.8 Å². The Morgan fingerprint density at radius 2 is 1.43 bits per heavy atom. The smallest absolute Gasteiger partial charge is 0.135 e. The average Bonchev–Trinajstić information content (AvgIpc) is 3.71. The van der Waals surface area contributed by atoms with E-state index in [1.807, 2.05) is 12.3 Å². The van der Waals surface area contributed by atoms with Crippen LogP contribution < -0.4 is 9.64 Å². The first-order valence-electron chi connectivity index (χ1n) is 21.3. The van der Waals surface area contributed by atoms with Crippen molar-refractivity contribution in [2.75, 3.05) is 4.90 Å². The maximum absolute atomic E-state index is 6.99. The van der Waals surface area contributed by atoms with Crippen LogP contribution in [0.1, 0.15) is 114 Å². The Bertz CT molecular complexity index is 2910. The summed E-state index contributed by atoms with van der Waals surface area (Å²) in [6.45, 7) is 26.8. The van der Waals surface area contributed by atoms with Gasteiger partial charge in [0.25, 0.3) is 0 Å². The second-order valence-corrected chi connectivity index (χ2v) is 18.3. The summed E-state index contributed by atoms with van der Waals surface area (Å²) in [5.74, 6) is 4.03. The molecule has 1 aliphatic rings. The van der Waals surface area contributed by atoms with Crippen molar-refractivity contribution in [1.29, 1.82) is 0 Å². The third-order valence-corrected chi connectivity index (χ3v) is 12.2. The predicted octanol–water partition coefficient (Wildman–Crippen LogP) is 14.5. The molecule has 0 spiro atoms. The van der Waals surface area contributed by atoms with Crippen LogP contribution in [0.2, 0.25) is 0 Å². The molecule has 3 aromatic heterocycles. The molecule has 0 saturated heterocycles. The van der Waals surface area contributed by atoms with Gasteiger partial charge in [-0.25, -0.2) is 4.98 Å². The molecule has 61 heavy (non-hydrogen) atoms. The molecule has 0 saturated carbocycles. The SMILES string of the molecule is Cc1nc2n(c1C)[CH-]N(c1[c-]c(Oc3[c-]c4c(cc3)c3ccccc3n4-c3cc(C(C)(C)C)ccn3)cc(-c3c(C(C)C)cc(C(C)C)cc3C(C)C)c1)c1ccccc1-2.[Pt]. The number of aromatic nitrogens is 4. The molecule has 1 aliphatic heterocycles. The van der Waals surface area contributed by atoms with E-state index in [4.69, 9.17) is 14.7 Å².